The smallest absolute Gasteiger partial charge is 0.295 e. The van der Waals surface area contributed by atoms with E-state index in [1.807, 2.05) is 0 Å². The van der Waals surface area contributed by atoms with E-state index in [4.69, 9.17) is 14.9 Å². The van der Waals surface area contributed by atoms with Crippen molar-refractivity contribution >= 4 is 24.8 Å². The van der Waals surface area contributed by atoms with Crippen LogP contribution in [-0.2, 0) is 4.43 Å². The van der Waals surface area contributed by atoms with Gasteiger partial charge in [-0.1, -0.05) is 39.2 Å². The van der Waals surface area contributed by atoms with E-state index in [0.29, 0.717) is 23.0 Å². The third-order valence-corrected chi connectivity index (χ3v) is 9.65. The highest BCUT2D eigenvalue weighted by atomic mass is 32.1. The molecule has 0 fully saturated rings. The predicted octanol–water partition coefficient (Wildman–Crippen LogP) is 4.86. The number of rotatable bonds is 10. The molecule has 0 bridgehead atoms. The first-order valence-electron chi connectivity index (χ1n) is 8.55. The Kier molecular flexibility index (Phi) is 7.96. The molecule has 1 aromatic rings. The van der Waals surface area contributed by atoms with Crippen LogP contribution in [0.2, 0.25) is 18.1 Å². The average Bonchev–Trinajstić information content (AvgIpc) is 2.82. The van der Waals surface area contributed by atoms with Crippen LogP contribution in [0.25, 0.3) is 0 Å². The van der Waals surface area contributed by atoms with Crippen LogP contribution in [0.1, 0.15) is 59.8 Å². The second-order valence-electron chi connectivity index (χ2n) is 7.54. The van der Waals surface area contributed by atoms with Gasteiger partial charge in [0.15, 0.2) is 8.32 Å². The number of ether oxygens (including phenoxy) is 1. The monoisotopic (exact) mass is 359 g/mol. The Bertz CT molecular complexity index is 460. The second-order valence-corrected chi connectivity index (χ2v) is 13.3. The number of unbranched alkanes of at least 4 members (excludes halogenated alkanes) is 1. The minimum absolute atomic E-state index is 0.264. The number of anilines is 1. The van der Waals surface area contributed by atoms with E-state index in [1.54, 1.807) is 0 Å². The van der Waals surface area contributed by atoms with Crippen molar-refractivity contribution in [2.75, 3.05) is 12.3 Å². The fourth-order valence-electron chi connectivity index (χ4n) is 2.09. The van der Waals surface area contributed by atoms with Gasteiger partial charge in [0, 0.05) is 6.10 Å². The summed E-state index contributed by atoms with van der Waals surface area (Å²) < 4.78 is 12.1. The largest absolute Gasteiger partial charge is 0.469 e. The molecule has 1 rings (SSSR count). The summed E-state index contributed by atoms with van der Waals surface area (Å²) >= 11 is 1.29. The Labute approximate surface area is 146 Å². The van der Waals surface area contributed by atoms with Crippen molar-refractivity contribution in [1.82, 2.24) is 10.2 Å². The van der Waals surface area contributed by atoms with E-state index >= 15 is 0 Å². The molecule has 0 aliphatic heterocycles. The van der Waals surface area contributed by atoms with E-state index in [9.17, 15) is 0 Å². The van der Waals surface area contributed by atoms with Crippen molar-refractivity contribution in [1.29, 1.82) is 0 Å². The molecule has 0 aromatic carbocycles. The van der Waals surface area contributed by atoms with Gasteiger partial charge in [0.05, 0.1) is 6.61 Å². The zero-order valence-electron chi connectivity index (χ0n) is 15.5. The van der Waals surface area contributed by atoms with E-state index in [-0.39, 0.29) is 5.04 Å². The fourth-order valence-corrected chi connectivity index (χ4v) is 4.00. The number of aromatic nitrogens is 2. The van der Waals surface area contributed by atoms with Crippen LogP contribution in [0.3, 0.4) is 0 Å². The molecule has 1 heterocycles. The lowest BCUT2D eigenvalue weighted by Crippen LogP contribution is -2.43. The van der Waals surface area contributed by atoms with E-state index < -0.39 is 8.32 Å². The summed E-state index contributed by atoms with van der Waals surface area (Å²) in [6, 6.07) is 0. The summed E-state index contributed by atoms with van der Waals surface area (Å²) in [6.07, 6.45) is 5.88. The molecular formula is C16H33N3O2SSi. The Balaban J connectivity index is 2.33. The highest BCUT2D eigenvalue weighted by Crippen LogP contribution is 2.38. The van der Waals surface area contributed by atoms with E-state index in [1.165, 1.54) is 17.8 Å². The molecule has 0 saturated carbocycles. The SMILES string of the molecule is CCCC(CCCCOc1nnc(N)s1)O[Si](C)(C)C(C)(C)C. The topological polar surface area (TPSA) is 70.3 Å². The highest BCUT2D eigenvalue weighted by Gasteiger charge is 2.38. The molecule has 0 saturated heterocycles. The number of nitrogens with two attached hydrogens (primary N) is 1. The van der Waals surface area contributed by atoms with Gasteiger partial charge in [-0.15, -0.1) is 5.10 Å². The quantitative estimate of drug-likeness (QED) is 0.477. The van der Waals surface area contributed by atoms with Gasteiger partial charge >= 0.3 is 0 Å². The maximum atomic E-state index is 6.57. The zero-order valence-corrected chi connectivity index (χ0v) is 17.3. The molecule has 2 N–H and O–H groups in total. The Hall–Kier alpha value is -0.663. The maximum absolute atomic E-state index is 6.57. The Morgan fingerprint density at radius 2 is 1.87 bits per heavy atom. The van der Waals surface area contributed by atoms with Crippen molar-refractivity contribution in [3.8, 4) is 5.19 Å². The Morgan fingerprint density at radius 1 is 1.17 bits per heavy atom. The van der Waals surface area contributed by atoms with Crippen molar-refractivity contribution in [2.45, 2.75) is 84.0 Å². The lowest BCUT2D eigenvalue weighted by molar-refractivity contribution is 0.154. The van der Waals surface area contributed by atoms with Gasteiger partial charge in [0.1, 0.15) is 0 Å². The van der Waals surface area contributed by atoms with Crippen LogP contribution in [0.4, 0.5) is 5.13 Å². The lowest BCUT2D eigenvalue weighted by Gasteiger charge is -2.39. The summed E-state index contributed by atoms with van der Waals surface area (Å²) in [5, 5.41) is 8.87. The third-order valence-electron chi connectivity index (χ3n) is 4.45. The zero-order chi connectivity index (χ0) is 17.5. The predicted molar refractivity (Wildman–Crippen MR) is 101 cm³/mol. The first-order chi connectivity index (χ1) is 10.7. The maximum Gasteiger partial charge on any atom is 0.295 e. The van der Waals surface area contributed by atoms with Crippen molar-refractivity contribution < 1.29 is 9.16 Å². The molecule has 0 radical (unpaired) electrons. The number of hydrogen-bond donors (Lipinski definition) is 1. The van der Waals surface area contributed by atoms with Gasteiger partial charge < -0.3 is 14.9 Å². The first-order valence-corrected chi connectivity index (χ1v) is 12.3. The normalized spacial score (nSPS) is 14.0. The first kappa shape index (κ1) is 20.4. The summed E-state index contributed by atoms with van der Waals surface area (Å²) in [4.78, 5) is 0. The summed E-state index contributed by atoms with van der Waals surface area (Å²) in [7, 11) is -1.69. The standard InChI is InChI=1S/C16H33N3O2SSi/c1-7-10-13(21-23(5,6)16(2,3)4)11-8-9-12-20-15-19-18-14(17)22-15/h13H,7-12H2,1-6H3,(H2,17,18). The number of nitrogen functional groups attached to an aromatic ring is 1. The van der Waals surface area contributed by atoms with Crippen LogP contribution in [0, 0.1) is 0 Å². The van der Waals surface area contributed by atoms with Crippen molar-refractivity contribution in [3.63, 3.8) is 0 Å². The fraction of sp³-hybridized carbons (Fsp3) is 0.875. The van der Waals surface area contributed by atoms with Gasteiger partial charge in [-0.2, -0.15) is 0 Å². The molecule has 134 valence electrons. The van der Waals surface area contributed by atoms with Gasteiger partial charge in [0.2, 0.25) is 5.13 Å². The third kappa shape index (κ3) is 7.18. The van der Waals surface area contributed by atoms with Crippen LogP contribution >= 0.6 is 11.3 Å². The molecule has 23 heavy (non-hydrogen) atoms. The number of nitrogens with zero attached hydrogens (tertiary/aromatic N) is 2. The molecule has 1 unspecified atom stereocenters. The van der Waals surface area contributed by atoms with Crippen LogP contribution in [-0.4, -0.2) is 31.2 Å². The van der Waals surface area contributed by atoms with Gasteiger partial charge in [0.25, 0.3) is 5.19 Å². The van der Waals surface area contributed by atoms with Crippen molar-refractivity contribution in [2.24, 2.45) is 0 Å². The lowest BCUT2D eigenvalue weighted by atomic mass is 10.1. The molecule has 0 aliphatic rings. The van der Waals surface area contributed by atoms with Gasteiger partial charge in [-0.3, -0.25) is 0 Å². The molecule has 5 nitrogen and oxygen atoms in total. The Morgan fingerprint density at radius 3 is 2.39 bits per heavy atom. The van der Waals surface area contributed by atoms with Gasteiger partial charge in [-0.25, -0.2) is 0 Å². The molecule has 7 heteroatoms. The average molecular weight is 360 g/mol. The van der Waals surface area contributed by atoms with E-state index in [0.717, 1.165) is 25.7 Å². The molecular weight excluding hydrogens is 326 g/mol. The summed E-state index contributed by atoms with van der Waals surface area (Å²) in [6.45, 7) is 14.4. The summed E-state index contributed by atoms with van der Waals surface area (Å²) in [5.74, 6) is 0. The second kappa shape index (κ2) is 8.99. The minimum Gasteiger partial charge on any atom is -0.469 e. The van der Waals surface area contributed by atoms with Gasteiger partial charge in [-0.05, 0) is 55.2 Å². The molecule has 0 aliphatic carbocycles. The molecule has 1 aromatic heterocycles. The van der Waals surface area contributed by atoms with Crippen molar-refractivity contribution in [3.05, 3.63) is 0 Å². The molecule has 1 atom stereocenters. The van der Waals surface area contributed by atoms with E-state index in [2.05, 4.69) is 51.0 Å². The highest BCUT2D eigenvalue weighted by molar-refractivity contribution is 7.16. The van der Waals surface area contributed by atoms with Crippen LogP contribution in [0.5, 0.6) is 5.19 Å². The number of hydrogen-bond acceptors (Lipinski definition) is 6. The molecule has 0 amide bonds. The van der Waals surface area contributed by atoms with Crippen LogP contribution < -0.4 is 10.5 Å². The minimum atomic E-state index is -1.69. The van der Waals surface area contributed by atoms with Crippen LogP contribution in [0.15, 0.2) is 0 Å². The summed E-state index contributed by atoms with van der Waals surface area (Å²) in [5.41, 5.74) is 5.53. The molecule has 0 spiro atoms.